The molecule has 0 fully saturated rings. The highest BCUT2D eigenvalue weighted by atomic mass is 16.5. The second kappa shape index (κ2) is 9.86. The summed E-state index contributed by atoms with van der Waals surface area (Å²) in [5, 5.41) is 2.67. The standard InChI is InChI=1S/C20H20N2O6/c1-2-19(25)22-14-9-7-13(8-10-14)16(23)11-28-20(26)15-5-3-4-6-17(15)27-12-18(21)24/h3-10H,2,11-12H2,1H3,(H2,21,24)(H,22,25). The number of hydrogen-bond donors (Lipinski definition) is 2. The first-order valence-electron chi connectivity index (χ1n) is 8.51. The van der Waals surface area contributed by atoms with Crippen LogP contribution in [0.1, 0.15) is 34.1 Å². The van der Waals surface area contributed by atoms with E-state index in [0.29, 0.717) is 17.7 Å². The average molecular weight is 384 g/mol. The molecule has 3 N–H and O–H groups in total. The number of Topliss-reactive ketones (excluding diaryl/α,β-unsaturated/α-hetero) is 1. The van der Waals surface area contributed by atoms with E-state index in [1.807, 2.05) is 0 Å². The predicted molar refractivity (Wildman–Crippen MR) is 101 cm³/mol. The maximum atomic E-state index is 12.2. The van der Waals surface area contributed by atoms with Crippen LogP contribution in [0.3, 0.4) is 0 Å². The number of carbonyl (C=O) groups excluding carboxylic acids is 4. The van der Waals surface area contributed by atoms with Gasteiger partial charge in [-0.1, -0.05) is 19.1 Å². The minimum absolute atomic E-state index is 0.0779. The highest BCUT2D eigenvalue weighted by Crippen LogP contribution is 2.19. The van der Waals surface area contributed by atoms with E-state index in [-0.39, 0.29) is 23.8 Å². The van der Waals surface area contributed by atoms with Crippen LogP contribution in [0.2, 0.25) is 0 Å². The Labute approximate surface area is 161 Å². The molecule has 8 heteroatoms. The zero-order chi connectivity index (χ0) is 20.5. The number of anilines is 1. The van der Waals surface area contributed by atoms with Crippen molar-refractivity contribution >= 4 is 29.3 Å². The van der Waals surface area contributed by atoms with Gasteiger partial charge in [0.1, 0.15) is 11.3 Å². The zero-order valence-corrected chi connectivity index (χ0v) is 15.3. The molecule has 0 saturated heterocycles. The molecule has 0 radical (unpaired) electrons. The summed E-state index contributed by atoms with van der Waals surface area (Å²) in [6.45, 7) is 0.881. The summed E-state index contributed by atoms with van der Waals surface area (Å²) >= 11 is 0. The second-order valence-electron chi connectivity index (χ2n) is 5.73. The van der Waals surface area contributed by atoms with E-state index >= 15 is 0 Å². The van der Waals surface area contributed by atoms with Gasteiger partial charge in [-0.15, -0.1) is 0 Å². The molecule has 0 bridgehead atoms. The Bertz CT molecular complexity index is 877. The first-order chi connectivity index (χ1) is 13.4. The van der Waals surface area contributed by atoms with Crippen LogP contribution in [0.25, 0.3) is 0 Å². The fourth-order valence-electron chi connectivity index (χ4n) is 2.19. The van der Waals surface area contributed by atoms with Crippen molar-refractivity contribution in [3.05, 3.63) is 59.7 Å². The van der Waals surface area contributed by atoms with E-state index in [9.17, 15) is 19.2 Å². The van der Waals surface area contributed by atoms with Crippen LogP contribution in [-0.4, -0.2) is 36.8 Å². The largest absolute Gasteiger partial charge is 0.483 e. The van der Waals surface area contributed by atoms with E-state index in [1.165, 1.54) is 24.3 Å². The molecule has 0 heterocycles. The number of rotatable bonds is 9. The van der Waals surface area contributed by atoms with Gasteiger partial charge in [0.15, 0.2) is 19.0 Å². The number of esters is 1. The second-order valence-corrected chi connectivity index (χ2v) is 5.73. The van der Waals surface area contributed by atoms with Gasteiger partial charge < -0.3 is 20.5 Å². The lowest BCUT2D eigenvalue weighted by molar-refractivity contribution is -0.120. The highest BCUT2D eigenvalue weighted by molar-refractivity contribution is 6.00. The number of ketones is 1. The zero-order valence-electron chi connectivity index (χ0n) is 15.3. The fourth-order valence-corrected chi connectivity index (χ4v) is 2.19. The van der Waals surface area contributed by atoms with E-state index in [1.54, 1.807) is 31.2 Å². The van der Waals surface area contributed by atoms with E-state index in [2.05, 4.69) is 5.32 Å². The van der Waals surface area contributed by atoms with Gasteiger partial charge in [0, 0.05) is 17.7 Å². The van der Waals surface area contributed by atoms with Crippen molar-refractivity contribution in [2.45, 2.75) is 13.3 Å². The maximum absolute atomic E-state index is 12.2. The number of para-hydroxylation sites is 1. The van der Waals surface area contributed by atoms with Crippen LogP contribution in [0.4, 0.5) is 5.69 Å². The number of ether oxygens (including phenoxy) is 2. The van der Waals surface area contributed by atoms with Crippen LogP contribution < -0.4 is 15.8 Å². The number of nitrogens with two attached hydrogens (primary N) is 1. The Balaban J connectivity index is 1.96. The Kier molecular flexibility index (Phi) is 7.27. The molecule has 0 saturated carbocycles. The molecule has 0 aliphatic rings. The summed E-state index contributed by atoms with van der Waals surface area (Å²) in [5.41, 5.74) is 6.01. The normalized spacial score (nSPS) is 10.0. The Morgan fingerprint density at radius 1 is 0.964 bits per heavy atom. The van der Waals surface area contributed by atoms with Crippen LogP contribution in [0.5, 0.6) is 5.75 Å². The molecule has 0 aliphatic heterocycles. The molecule has 0 atom stereocenters. The van der Waals surface area contributed by atoms with Crippen molar-refractivity contribution in [1.82, 2.24) is 0 Å². The number of amides is 2. The van der Waals surface area contributed by atoms with Crippen LogP contribution in [0.15, 0.2) is 48.5 Å². The van der Waals surface area contributed by atoms with Crippen molar-refractivity contribution in [3.8, 4) is 5.75 Å². The topological polar surface area (TPSA) is 125 Å². The molecule has 8 nitrogen and oxygen atoms in total. The van der Waals surface area contributed by atoms with Gasteiger partial charge in [0.2, 0.25) is 5.91 Å². The van der Waals surface area contributed by atoms with E-state index in [4.69, 9.17) is 15.2 Å². The third-order valence-corrected chi connectivity index (χ3v) is 3.62. The van der Waals surface area contributed by atoms with Gasteiger partial charge in [-0.25, -0.2) is 4.79 Å². The number of carbonyl (C=O) groups is 4. The molecule has 0 spiro atoms. The molecular formula is C20H20N2O6. The molecule has 0 aliphatic carbocycles. The van der Waals surface area contributed by atoms with E-state index in [0.717, 1.165) is 0 Å². The Morgan fingerprint density at radius 3 is 2.29 bits per heavy atom. The van der Waals surface area contributed by atoms with Gasteiger partial charge >= 0.3 is 5.97 Å². The highest BCUT2D eigenvalue weighted by Gasteiger charge is 2.16. The number of primary amides is 1. The maximum Gasteiger partial charge on any atom is 0.342 e. The number of hydrogen-bond acceptors (Lipinski definition) is 6. The van der Waals surface area contributed by atoms with Gasteiger partial charge in [0.05, 0.1) is 0 Å². The van der Waals surface area contributed by atoms with Crippen molar-refractivity contribution in [2.75, 3.05) is 18.5 Å². The molecule has 2 rings (SSSR count). The third-order valence-electron chi connectivity index (χ3n) is 3.62. The smallest absolute Gasteiger partial charge is 0.342 e. The molecule has 2 aromatic carbocycles. The molecule has 0 unspecified atom stereocenters. The summed E-state index contributed by atoms with van der Waals surface area (Å²) < 4.78 is 10.2. The molecule has 2 amide bonds. The Hall–Kier alpha value is -3.68. The summed E-state index contributed by atoms with van der Waals surface area (Å²) in [6.07, 6.45) is 0.348. The summed E-state index contributed by atoms with van der Waals surface area (Å²) in [7, 11) is 0. The van der Waals surface area contributed by atoms with Crippen molar-refractivity contribution in [3.63, 3.8) is 0 Å². The number of benzene rings is 2. The van der Waals surface area contributed by atoms with Crippen LogP contribution >= 0.6 is 0 Å². The fraction of sp³-hybridized carbons (Fsp3) is 0.200. The summed E-state index contributed by atoms with van der Waals surface area (Å²) in [5.74, 6) is -1.85. The molecule has 146 valence electrons. The lowest BCUT2D eigenvalue weighted by Crippen LogP contribution is -2.21. The first-order valence-corrected chi connectivity index (χ1v) is 8.51. The summed E-state index contributed by atoms with van der Waals surface area (Å²) in [4.78, 5) is 46.6. The van der Waals surface area contributed by atoms with Gasteiger partial charge in [-0.3, -0.25) is 14.4 Å². The quantitative estimate of drug-likeness (QED) is 0.503. The van der Waals surface area contributed by atoms with Crippen molar-refractivity contribution in [2.24, 2.45) is 5.73 Å². The lowest BCUT2D eigenvalue weighted by atomic mass is 10.1. The molecule has 2 aromatic rings. The van der Waals surface area contributed by atoms with Crippen LogP contribution in [0, 0.1) is 0 Å². The minimum atomic E-state index is -0.764. The van der Waals surface area contributed by atoms with Gasteiger partial charge in [-0.05, 0) is 36.4 Å². The van der Waals surface area contributed by atoms with E-state index < -0.39 is 24.3 Å². The van der Waals surface area contributed by atoms with Crippen LogP contribution in [-0.2, 0) is 14.3 Å². The number of nitrogens with one attached hydrogen (secondary N) is 1. The monoisotopic (exact) mass is 384 g/mol. The third kappa shape index (κ3) is 5.94. The Morgan fingerprint density at radius 2 is 1.64 bits per heavy atom. The summed E-state index contributed by atoms with van der Waals surface area (Å²) in [6, 6.07) is 12.4. The molecular weight excluding hydrogens is 364 g/mol. The van der Waals surface area contributed by atoms with Gasteiger partial charge in [0.25, 0.3) is 5.91 Å². The van der Waals surface area contributed by atoms with Crippen molar-refractivity contribution in [1.29, 1.82) is 0 Å². The lowest BCUT2D eigenvalue weighted by Gasteiger charge is -2.10. The molecule has 28 heavy (non-hydrogen) atoms. The predicted octanol–water partition coefficient (Wildman–Crippen LogP) is 1.94. The van der Waals surface area contributed by atoms with Gasteiger partial charge in [-0.2, -0.15) is 0 Å². The molecule has 0 aromatic heterocycles. The first kappa shape index (κ1) is 20.6. The van der Waals surface area contributed by atoms with Crippen molar-refractivity contribution < 1.29 is 28.7 Å². The SMILES string of the molecule is CCC(=O)Nc1ccc(C(=O)COC(=O)c2ccccc2OCC(N)=O)cc1. The minimum Gasteiger partial charge on any atom is -0.483 e. The average Bonchev–Trinajstić information content (AvgIpc) is 2.70.